The quantitative estimate of drug-likeness (QED) is 0.478. The maximum absolute atomic E-state index is 6.69. The molecule has 0 bridgehead atoms. The van der Waals surface area contributed by atoms with Crippen LogP contribution in [0.3, 0.4) is 0 Å². The minimum atomic E-state index is 0.0345. The highest BCUT2D eigenvalue weighted by atomic mass is 33.1. The van der Waals surface area contributed by atoms with E-state index in [1.807, 2.05) is 19.1 Å². The molecule has 0 aliphatic carbocycles. The van der Waals surface area contributed by atoms with E-state index in [9.17, 15) is 0 Å². The molecule has 0 aromatic heterocycles. The molecule has 1 rings (SSSR count). The lowest BCUT2D eigenvalue weighted by Crippen LogP contribution is -2.13. The Morgan fingerprint density at radius 1 is 1.40 bits per heavy atom. The van der Waals surface area contributed by atoms with Gasteiger partial charge in [-0.2, -0.15) is 0 Å². The van der Waals surface area contributed by atoms with Gasteiger partial charge >= 0.3 is 0 Å². The summed E-state index contributed by atoms with van der Waals surface area (Å²) in [6.45, 7) is 8.42. The van der Waals surface area contributed by atoms with E-state index in [1.54, 1.807) is 0 Å². The number of nitrogen functional groups attached to an aromatic ring is 1. The van der Waals surface area contributed by atoms with Crippen molar-refractivity contribution >= 4 is 27.6 Å². The SMILES string of the molecule is [3H]OSSc1cc(C)c(N)cc1C(C)(C)C. The van der Waals surface area contributed by atoms with Crippen LogP contribution >= 0.6 is 21.9 Å². The minimum Gasteiger partial charge on any atom is -0.399 e. The second-order valence-electron chi connectivity index (χ2n) is 4.61. The van der Waals surface area contributed by atoms with Crippen LogP contribution in [-0.4, -0.2) is 4.56 Å². The normalized spacial score (nSPS) is 12.7. The van der Waals surface area contributed by atoms with Crippen molar-refractivity contribution in [2.45, 2.75) is 38.0 Å². The topological polar surface area (TPSA) is 46.2 Å². The molecule has 2 nitrogen and oxygen atoms in total. The number of anilines is 1. The van der Waals surface area contributed by atoms with Crippen molar-refractivity contribution in [3.8, 4) is 0 Å². The van der Waals surface area contributed by atoms with Crippen molar-refractivity contribution in [2.24, 2.45) is 0 Å². The summed E-state index contributed by atoms with van der Waals surface area (Å²) in [5.41, 5.74) is 9.02. The van der Waals surface area contributed by atoms with Gasteiger partial charge in [0.2, 0.25) is 1.43 Å². The van der Waals surface area contributed by atoms with Crippen molar-refractivity contribution in [3.63, 3.8) is 0 Å². The summed E-state index contributed by atoms with van der Waals surface area (Å²) in [4.78, 5) is 1.11. The van der Waals surface area contributed by atoms with Crippen molar-refractivity contribution in [1.29, 1.82) is 1.43 Å². The number of hydrogen-bond acceptors (Lipinski definition) is 4. The van der Waals surface area contributed by atoms with Gasteiger partial charge in [-0.05, 0) is 46.4 Å². The van der Waals surface area contributed by atoms with Gasteiger partial charge < -0.3 is 10.3 Å². The molecule has 0 heterocycles. The molecule has 1 aromatic rings. The van der Waals surface area contributed by atoms with Crippen LogP contribution in [0.4, 0.5) is 5.69 Å². The van der Waals surface area contributed by atoms with Crippen LogP contribution in [0.1, 0.15) is 31.9 Å². The molecule has 0 fully saturated rings. The van der Waals surface area contributed by atoms with Gasteiger partial charge in [-0.15, -0.1) is 0 Å². The molecule has 0 saturated carbocycles. The van der Waals surface area contributed by atoms with E-state index in [2.05, 4.69) is 25.3 Å². The zero-order valence-corrected chi connectivity index (χ0v) is 11.1. The van der Waals surface area contributed by atoms with Crippen molar-refractivity contribution in [1.82, 2.24) is 0 Å². The van der Waals surface area contributed by atoms with Gasteiger partial charge in [-0.1, -0.05) is 20.8 Å². The lowest BCUT2D eigenvalue weighted by molar-refractivity contribution is 0.578. The van der Waals surface area contributed by atoms with Crippen LogP contribution < -0.4 is 5.73 Å². The number of aryl methyl sites for hydroxylation is 1. The third-order valence-electron chi connectivity index (χ3n) is 2.30. The Balaban J connectivity index is 3.17. The van der Waals surface area contributed by atoms with Crippen molar-refractivity contribution in [2.75, 3.05) is 5.73 Å². The fraction of sp³-hybridized carbons (Fsp3) is 0.455. The van der Waals surface area contributed by atoms with Gasteiger partial charge in [0.1, 0.15) is 0 Å². The standard InChI is InChI=1S/C11H17NOS2/c1-7-5-10(14-15-13)8(6-9(7)12)11(2,3)4/h5-6,13H,12H2,1-4H3/i/hT. The molecule has 4 heteroatoms. The first-order valence-corrected chi connectivity index (χ1v) is 6.81. The predicted octanol–water partition coefficient (Wildman–Crippen LogP) is 4.09. The van der Waals surface area contributed by atoms with Gasteiger partial charge in [0, 0.05) is 10.6 Å². The molecule has 0 amide bonds. The molecule has 0 spiro atoms. The number of hydrogen-bond donors (Lipinski definition) is 2. The van der Waals surface area contributed by atoms with E-state index in [1.165, 1.54) is 16.4 Å². The van der Waals surface area contributed by atoms with Crippen molar-refractivity contribution in [3.05, 3.63) is 23.3 Å². The predicted molar refractivity (Wildman–Crippen MR) is 70.4 cm³/mol. The first-order chi connectivity index (χ1) is 7.36. The van der Waals surface area contributed by atoms with Gasteiger partial charge in [-0.25, -0.2) is 0 Å². The molecule has 0 aliphatic rings. The monoisotopic (exact) mass is 245 g/mol. The lowest BCUT2D eigenvalue weighted by atomic mass is 9.86. The molecule has 84 valence electrons. The molecular formula is C11H17NOS2. The highest BCUT2D eigenvalue weighted by molar-refractivity contribution is 8.74. The highest BCUT2D eigenvalue weighted by Gasteiger charge is 2.19. The third-order valence-corrected chi connectivity index (χ3v) is 3.63. The van der Waals surface area contributed by atoms with Crippen LogP contribution in [0.25, 0.3) is 1.43 Å². The Morgan fingerprint density at radius 3 is 2.60 bits per heavy atom. The molecular weight excluding hydrogens is 226 g/mol. The third kappa shape index (κ3) is 3.06. The van der Waals surface area contributed by atoms with Crippen LogP contribution in [0.2, 0.25) is 0 Å². The summed E-state index contributed by atoms with van der Waals surface area (Å²) < 4.78 is 11.0. The Kier molecular flexibility index (Phi) is 3.49. The van der Waals surface area contributed by atoms with E-state index in [0.29, 0.717) is 0 Å². The fourth-order valence-electron chi connectivity index (χ4n) is 1.39. The maximum Gasteiger partial charge on any atom is 0.229 e. The lowest BCUT2D eigenvalue weighted by Gasteiger charge is -2.23. The largest absolute Gasteiger partial charge is 0.399 e. The van der Waals surface area contributed by atoms with Gasteiger partial charge in [0.05, 0.1) is 11.1 Å². The Morgan fingerprint density at radius 2 is 2.07 bits per heavy atom. The van der Waals surface area contributed by atoms with Gasteiger partial charge in [0.15, 0.2) is 0 Å². The van der Waals surface area contributed by atoms with E-state index in [4.69, 9.17) is 7.16 Å². The average Bonchev–Trinajstić information content (AvgIpc) is 2.17. The number of nitrogens with two attached hydrogens (primary N) is 1. The smallest absolute Gasteiger partial charge is 0.229 e. The molecule has 0 radical (unpaired) electrons. The average molecular weight is 245 g/mol. The van der Waals surface area contributed by atoms with Crippen LogP contribution in [0, 0.1) is 6.92 Å². The molecule has 1 aromatic carbocycles. The summed E-state index contributed by atoms with van der Waals surface area (Å²) in [6, 6.07) is 4.06. The summed E-state index contributed by atoms with van der Waals surface area (Å²) in [5.74, 6) is 0. The Labute approximate surface area is 101 Å². The molecule has 0 unspecified atom stereocenters. The molecule has 15 heavy (non-hydrogen) atoms. The summed E-state index contributed by atoms with van der Waals surface area (Å²) >= 11 is 1.05. The first kappa shape index (κ1) is 11.2. The first-order valence-electron chi connectivity index (χ1n) is 5.14. The highest BCUT2D eigenvalue weighted by Crippen LogP contribution is 2.39. The molecule has 3 N–H and O–H groups in total. The number of rotatable bonds is 3. The second-order valence-corrected chi connectivity index (χ2v) is 6.26. The van der Waals surface area contributed by atoms with Crippen molar-refractivity contribution < 1.29 is 4.56 Å². The van der Waals surface area contributed by atoms with Crippen LogP contribution in [-0.2, 0) is 5.41 Å². The van der Waals surface area contributed by atoms with E-state index < -0.39 is 0 Å². The molecule has 0 atom stereocenters. The number of benzene rings is 1. The van der Waals surface area contributed by atoms with E-state index >= 15 is 0 Å². The summed E-state index contributed by atoms with van der Waals surface area (Å²) in [7, 11) is 1.45. The van der Waals surface area contributed by atoms with Crippen LogP contribution in [0.5, 0.6) is 0 Å². The fourth-order valence-corrected chi connectivity index (χ4v) is 2.78. The van der Waals surface area contributed by atoms with Gasteiger partial charge in [-0.3, -0.25) is 0 Å². The minimum absolute atomic E-state index is 0.0345. The zero-order chi connectivity index (χ0) is 12.3. The second kappa shape index (κ2) is 4.68. The van der Waals surface area contributed by atoms with Crippen LogP contribution in [0.15, 0.2) is 17.0 Å². The Bertz CT molecular complexity index is 377. The summed E-state index contributed by atoms with van der Waals surface area (Å²) in [5, 5.41) is 0. The molecule has 0 saturated heterocycles. The zero-order valence-electron chi connectivity index (χ0n) is 10.5. The van der Waals surface area contributed by atoms with Gasteiger partial charge in [0.25, 0.3) is 0 Å². The summed E-state index contributed by atoms with van der Waals surface area (Å²) in [6.07, 6.45) is 0. The van der Waals surface area contributed by atoms with E-state index in [0.717, 1.165) is 27.2 Å². The maximum atomic E-state index is 6.69. The van der Waals surface area contributed by atoms with E-state index in [-0.39, 0.29) is 5.41 Å². The molecule has 0 aliphatic heterocycles. The Hall–Kier alpha value is -0.320.